The molecule has 1 atom stereocenters. The maximum Gasteiger partial charge on any atom is 0.274 e. The minimum atomic E-state index is -0.359. The van der Waals surface area contributed by atoms with Crippen molar-refractivity contribution in [1.82, 2.24) is 9.88 Å². The minimum absolute atomic E-state index is 0.00384. The van der Waals surface area contributed by atoms with Crippen molar-refractivity contribution in [2.24, 2.45) is 0 Å². The highest BCUT2D eigenvalue weighted by Crippen LogP contribution is 2.41. The van der Waals surface area contributed by atoms with Gasteiger partial charge in [-0.2, -0.15) is 4.98 Å². The lowest BCUT2D eigenvalue weighted by molar-refractivity contribution is 0.118. The second kappa shape index (κ2) is 12.9. The zero-order chi connectivity index (χ0) is 29.0. The molecule has 0 spiro atoms. The quantitative estimate of drug-likeness (QED) is 0.198. The Hall–Kier alpha value is -2.93. The van der Waals surface area contributed by atoms with Gasteiger partial charge in [0.1, 0.15) is 16.9 Å². The molecule has 1 N–H and O–H groups in total. The fraction of sp³-hybridized carbons (Fsp3) is 0.457. The SMILES string of the molecule is CC(C)Oc1nc2c(OC(C)(C)C)ccc([C@H](CO)N(CCc3ccc4c(c3)CCCC4)Cc3ccccc3)c2s1. The number of aromatic nitrogens is 1. The summed E-state index contributed by atoms with van der Waals surface area (Å²) in [5, 5.41) is 11.6. The molecule has 5 rings (SSSR count). The third kappa shape index (κ3) is 7.48. The Kier molecular flexibility index (Phi) is 9.32. The average Bonchev–Trinajstić information content (AvgIpc) is 3.36. The molecule has 0 aliphatic heterocycles. The molecule has 4 aromatic rings. The average molecular weight is 573 g/mol. The molecule has 1 aromatic heterocycles. The lowest BCUT2D eigenvalue weighted by Gasteiger charge is -2.32. The van der Waals surface area contributed by atoms with Crippen molar-refractivity contribution in [3.63, 3.8) is 0 Å². The lowest BCUT2D eigenvalue weighted by Crippen LogP contribution is -2.33. The van der Waals surface area contributed by atoms with Crippen LogP contribution < -0.4 is 9.47 Å². The monoisotopic (exact) mass is 572 g/mol. The van der Waals surface area contributed by atoms with Gasteiger partial charge in [0, 0.05) is 13.1 Å². The number of nitrogens with zero attached hydrogens (tertiary/aromatic N) is 2. The third-order valence-corrected chi connectivity index (χ3v) is 8.57. The van der Waals surface area contributed by atoms with Gasteiger partial charge >= 0.3 is 0 Å². The molecule has 1 heterocycles. The van der Waals surface area contributed by atoms with Crippen molar-refractivity contribution in [1.29, 1.82) is 0 Å². The molecule has 1 aliphatic carbocycles. The van der Waals surface area contributed by atoms with Crippen molar-refractivity contribution in [3.8, 4) is 10.9 Å². The first kappa shape index (κ1) is 29.6. The van der Waals surface area contributed by atoms with Crippen LogP contribution in [0.1, 0.15) is 81.3 Å². The predicted octanol–water partition coefficient (Wildman–Crippen LogP) is 7.92. The maximum atomic E-state index is 10.9. The van der Waals surface area contributed by atoms with E-state index in [1.165, 1.54) is 59.3 Å². The van der Waals surface area contributed by atoms with Crippen molar-refractivity contribution >= 4 is 21.6 Å². The number of rotatable bonds is 11. The fourth-order valence-electron chi connectivity index (χ4n) is 5.70. The van der Waals surface area contributed by atoms with E-state index in [4.69, 9.17) is 14.5 Å². The molecule has 5 nitrogen and oxygen atoms in total. The number of ether oxygens (including phenoxy) is 2. The van der Waals surface area contributed by atoms with Crippen molar-refractivity contribution < 1.29 is 14.6 Å². The molecule has 0 radical (unpaired) electrons. The summed E-state index contributed by atoms with van der Waals surface area (Å²) in [6.45, 7) is 11.7. The van der Waals surface area contributed by atoms with E-state index in [2.05, 4.69) is 59.5 Å². The molecule has 1 aliphatic rings. The van der Waals surface area contributed by atoms with Crippen LogP contribution in [-0.4, -0.2) is 39.8 Å². The van der Waals surface area contributed by atoms with Gasteiger partial charge in [-0.1, -0.05) is 65.9 Å². The van der Waals surface area contributed by atoms with Gasteiger partial charge in [0.05, 0.1) is 23.5 Å². The Morgan fingerprint density at radius 3 is 2.41 bits per heavy atom. The van der Waals surface area contributed by atoms with Crippen LogP contribution in [0.4, 0.5) is 0 Å². The Labute approximate surface area is 249 Å². The summed E-state index contributed by atoms with van der Waals surface area (Å²) < 4.78 is 13.4. The number of aryl methyl sites for hydroxylation is 2. The van der Waals surface area contributed by atoms with Gasteiger partial charge in [-0.3, -0.25) is 4.90 Å². The molecule has 0 fully saturated rings. The van der Waals surface area contributed by atoms with E-state index in [0.29, 0.717) is 5.19 Å². The Morgan fingerprint density at radius 2 is 1.71 bits per heavy atom. The Bertz CT molecular complexity index is 1440. The van der Waals surface area contributed by atoms with E-state index in [-0.39, 0.29) is 24.4 Å². The number of hydrogen-bond donors (Lipinski definition) is 1. The predicted molar refractivity (Wildman–Crippen MR) is 169 cm³/mol. The van der Waals surface area contributed by atoms with Gasteiger partial charge in [0.2, 0.25) is 0 Å². The molecule has 6 heteroatoms. The van der Waals surface area contributed by atoms with Gasteiger partial charge in [-0.25, -0.2) is 0 Å². The Balaban J connectivity index is 1.50. The molecule has 0 unspecified atom stereocenters. The Morgan fingerprint density at radius 1 is 0.951 bits per heavy atom. The maximum absolute atomic E-state index is 10.9. The number of fused-ring (bicyclic) bond motifs is 2. The summed E-state index contributed by atoms with van der Waals surface area (Å²) in [6, 6.07) is 21.5. The molecule has 0 amide bonds. The zero-order valence-corrected chi connectivity index (χ0v) is 26.0. The number of benzene rings is 3. The van der Waals surface area contributed by atoms with Crippen LogP contribution in [0.15, 0.2) is 60.7 Å². The second-order valence-corrected chi connectivity index (χ2v) is 13.4. The molecule has 0 saturated carbocycles. The molecule has 0 saturated heterocycles. The van der Waals surface area contributed by atoms with E-state index in [0.717, 1.165) is 41.0 Å². The van der Waals surface area contributed by atoms with E-state index >= 15 is 0 Å². The number of aliphatic hydroxyl groups excluding tert-OH is 1. The highest BCUT2D eigenvalue weighted by Gasteiger charge is 2.27. The van der Waals surface area contributed by atoms with Crippen LogP contribution in [-0.2, 0) is 25.8 Å². The zero-order valence-electron chi connectivity index (χ0n) is 25.2. The van der Waals surface area contributed by atoms with E-state index in [1.807, 2.05) is 40.7 Å². The highest BCUT2D eigenvalue weighted by atomic mass is 32.1. The van der Waals surface area contributed by atoms with Crippen molar-refractivity contribution in [2.45, 2.75) is 91.0 Å². The number of hydrogen-bond acceptors (Lipinski definition) is 6. The first-order valence-electron chi connectivity index (χ1n) is 15.0. The van der Waals surface area contributed by atoms with Gasteiger partial charge in [-0.05, 0) is 101 Å². The van der Waals surface area contributed by atoms with Crippen molar-refractivity contribution in [3.05, 3.63) is 88.5 Å². The molecular formula is C35H44N2O3S. The molecule has 41 heavy (non-hydrogen) atoms. The van der Waals surface area contributed by atoms with Crippen LogP contribution in [0.25, 0.3) is 10.2 Å². The van der Waals surface area contributed by atoms with Crippen molar-refractivity contribution in [2.75, 3.05) is 13.2 Å². The molecule has 3 aromatic carbocycles. The minimum Gasteiger partial charge on any atom is -0.486 e. The summed E-state index contributed by atoms with van der Waals surface area (Å²) in [5.74, 6) is 0.742. The molecule has 218 valence electrons. The third-order valence-electron chi connectivity index (χ3n) is 7.57. The van der Waals surface area contributed by atoms with Gasteiger partial charge in [-0.15, -0.1) is 0 Å². The summed E-state index contributed by atoms with van der Waals surface area (Å²) in [7, 11) is 0. The number of aliphatic hydroxyl groups is 1. The summed E-state index contributed by atoms with van der Waals surface area (Å²) >= 11 is 1.54. The van der Waals surface area contributed by atoms with E-state index in [1.54, 1.807) is 0 Å². The fourth-order valence-corrected chi connectivity index (χ4v) is 6.82. The lowest BCUT2D eigenvalue weighted by atomic mass is 9.90. The summed E-state index contributed by atoms with van der Waals surface area (Å²) in [6.07, 6.45) is 5.91. The first-order valence-corrected chi connectivity index (χ1v) is 15.8. The first-order chi connectivity index (χ1) is 19.7. The van der Waals surface area contributed by atoms with Gasteiger partial charge < -0.3 is 14.6 Å². The summed E-state index contributed by atoms with van der Waals surface area (Å²) in [4.78, 5) is 7.28. The summed E-state index contributed by atoms with van der Waals surface area (Å²) in [5.41, 5.74) is 7.12. The smallest absolute Gasteiger partial charge is 0.274 e. The van der Waals surface area contributed by atoms with Crippen LogP contribution in [0.2, 0.25) is 0 Å². The van der Waals surface area contributed by atoms with Crippen LogP contribution in [0.3, 0.4) is 0 Å². The van der Waals surface area contributed by atoms with Gasteiger partial charge in [0.25, 0.3) is 5.19 Å². The standard InChI is InChI=1S/C35H44N2O3S/c1-24(2)39-34-36-32-31(40-35(3,4)5)18-17-29(33(32)41-34)30(23-38)37(22-26-11-7-6-8-12-26)20-19-25-15-16-27-13-9-10-14-28(27)21-25/h6-8,11-12,15-18,21,24,30,38H,9-10,13-14,19-20,22-23H2,1-5H3/t30-/m0/s1. The van der Waals surface area contributed by atoms with E-state index < -0.39 is 0 Å². The van der Waals surface area contributed by atoms with Crippen LogP contribution in [0, 0.1) is 0 Å². The second-order valence-electron chi connectivity index (χ2n) is 12.4. The topological polar surface area (TPSA) is 54.8 Å². The van der Waals surface area contributed by atoms with Crippen LogP contribution in [0.5, 0.6) is 10.9 Å². The van der Waals surface area contributed by atoms with E-state index in [9.17, 15) is 5.11 Å². The van der Waals surface area contributed by atoms with Crippen LogP contribution >= 0.6 is 11.3 Å². The molecule has 0 bridgehead atoms. The van der Waals surface area contributed by atoms with Gasteiger partial charge in [0.15, 0.2) is 0 Å². The highest BCUT2D eigenvalue weighted by molar-refractivity contribution is 7.20. The number of thiazole rings is 1. The largest absolute Gasteiger partial charge is 0.486 e. The normalized spacial score (nSPS) is 14.4. The molecular weight excluding hydrogens is 528 g/mol.